The fourth-order valence-electron chi connectivity index (χ4n) is 0.826. The summed E-state index contributed by atoms with van der Waals surface area (Å²) < 4.78 is 0. The fourth-order valence-corrected chi connectivity index (χ4v) is 1.99. The Morgan fingerprint density at radius 2 is 2.36 bits per heavy atom. The van der Waals surface area contributed by atoms with Gasteiger partial charge in [0.05, 0.1) is 0 Å². The predicted molar refractivity (Wildman–Crippen MR) is 58.8 cm³/mol. The molecule has 0 aliphatic rings. The van der Waals surface area contributed by atoms with E-state index in [0.717, 1.165) is 16.3 Å². The summed E-state index contributed by atoms with van der Waals surface area (Å²) in [6.07, 6.45) is 1.71. The Kier molecular flexibility index (Phi) is 4.65. The molecule has 0 aliphatic carbocycles. The van der Waals surface area contributed by atoms with Crippen LogP contribution in [0.5, 0.6) is 0 Å². The molecule has 0 spiro atoms. The van der Waals surface area contributed by atoms with Gasteiger partial charge >= 0.3 is 0 Å². The average molecular weight is 233 g/mol. The van der Waals surface area contributed by atoms with Crippen LogP contribution in [0.4, 0.5) is 0 Å². The number of halogens is 1. The van der Waals surface area contributed by atoms with Crippen LogP contribution in [0.15, 0.2) is 11.2 Å². The van der Waals surface area contributed by atoms with Crippen molar-refractivity contribution in [3.05, 3.63) is 17.0 Å². The number of aryl methyl sites for hydroxylation is 1. The Labute approximate surface area is 92.9 Å². The molecule has 1 N–H and O–H groups in total. The number of nitrogens with zero attached hydrogens (tertiary/aromatic N) is 2. The molecule has 0 fully saturated rings. The Hall–Kier alpha value is -0.320. The molecule has 1 atom stereocenters. The van der Waals surface area contributed by atoms with Gasteiger partial charge in [-0.1, -0.05) is 6.92 Å². The Bertz CT molecular complexity index is 309. The first-order valence-electron chi connectivity index (χ1n) is 4.36. The van der Waals surface area contributed by atoms with Crippen LogP contribution in [0.2, 0.25) is 5.28 Å². The molecule has 14 heavy (non-hydrogen) atoms. The van der Waals surface area contributed by atoms with E-state index in [4.69, 9.17) is 16.7 Å². The number of aromatic nitrogens is 2. The zero-order valence-electron chi connectivity index (χ0n) is 8.20. The van der Waals surface area contributed by atoms with Crippen LogP contribution in [0.25, 0.3) is 0 Å². The molecule has 0 aromatic carbocycles. The number of aliphatic hydroxyl groups excluding tert-OH is 1. The van der Waals surface area contributed by atoms with Gasteiger partial charge in [0.15, 0.2) is 0 Å². The highest BCUT2D eigenvalue weighted by Crippen LogP contribution is 2.22. The van der Waals surface area contributed by atoms with Crippen molar-refractivity contribution in [3.8, 4) is 0 Å². The van der Waals surface area contributed by atoms with Gasteiger partial charge in [0.25, 0.3) is 0 Å². The van der Waals surface area contributed by atoms with Crippen molar-refractivity contribution in [2.75, 3.05) is 12.4 Å². The van der Waals surface area contributed by atoms with Gasteiger partial charge < -0.3 is 5.11 Å². The van der Waals surface area contributed by atoms with Crippen LogP contribution in [0, 0.1) is 12.8 Å². The molecule has 1 aromatic rings. The van der Waals surface area contributed by atoms with Crippen LogP contribution in [0.1, 0.15) is 12.5 Å². The van der Waals surface area contributed by atoms with E-state index in [2.05, 4.69) is 9.97 Å². The largest absolute Gasteiger partial charge is 0.396 e. The maximum absolute atomic E-state index is 8.86. The predicted octanol–water partition coefficient (Wildman–Crippen LogP) is 2.16. The molecule has 78 valence electrons. The zero-order valence-corrected chi connectivity index (χ0v) is 9.77. The summed E-state index contributed by atoms with van der Waals surface area (Å²) in [6.45, 7) is 4.14. The van der Waals surface area contributed by atoms with E-state index in [1.165, 1.54) is 0 Å². The first-order valence-corrected chi connectivity index (χ1v) is 5.72. The van der Waals surface area contributed by atoms with Crippen molar-refractivity contribution < 1.29 is 5.11 Å². The molecule has 5 heteroatoms. The molecule has 3 nitrogen and oxygen atoms in total. The second kappa shape index (κ2) is 5.53. The van der Waals surface area contributed by atoms with Crippen molar-refractivity contribution in [2.24, 2.45) is 5.92 Å². The number of thioether (sulfide) groups is 1. The molecule has 1 aromatic heterocycles. The van der Waals surface area contributed by atoms with Gasteiger partial charge in [0, 0.05) is 18.6 Å². The molecule has 0 saturated heterocycles. The van der Waals surface area contributed by atoms with E-state index in [0.29, 0.717) is 0 Å². The molecule has 1 rings (SSSR count). The van der Waals surface area contributed by atoms with Crippen molar-refractivity contribution >= 4 is 23.4 Å². The molecule has 0 radical (unpaired) electrons. The second-order valence-corrected chi connectivity index (χ2v) is 4.57. The summed E-state index contributed by atoms with van der Waals surface area (Å²) in [6, 6.07) is 0. The third kappa shape index (κ3) is 3.44. The summed E-state index contributed by atoms with van der Waals surface area (Å²) in [5, 5.41) is 10.0. The average Bonchev–Trinajstić information content (AvgIpc) is 2.19. The van der Waals surface area contributed by atoms with Gasteiger partial charge in [0.1, 0.15) is 5.03 Å². The number of aliphatic hydroxyl groups is 1. The van der Waals surface area contributed by atoms with E-state index in [-0.39, 0.29) is 17.8 Å². The van der Waals surface area contributed by atoms with E-state index in [9.17, 15) is 0 Å². The van der Waals surface area contributed by atoms with Gasteiger partial charge in [-0.25, -0.2) is 9.97 Å². The Balaban J connectivity index is 2.62. The Morgan fingerprint density at radius 1 is 1.64 bits per heavy atom. The molecule has 0 aliphatic heterocycles. The van der Waals surface area contributed by atoms with Gasteiger partial charge in [-0.2, -0.15) is 0 Å². The summed E-state index contributed by atoms with van der Waals surface area (Å²) in [5.74, 6) is 1.11. The lowest BCUT2D eigenvalue weighted by Crippen LogP contribution is -2.04. The third-order valence-corrected chi connectivity index (χ3v) is 3.32. The number of hydrogen-bond donors (Lipinski definition) is 1. The summed E-state index contributed by atoms with van der Waals surface area (Å²) in [7, 11) is 0. The molecule has 0 saturated carbocycles. The van der Waals surface area contributed by atoms with Crippen LogP contribution in [-0.4, -0.2) is 27.4 Å². The lowest BCUT2D eigenvalue weighted by Gasteiger charge is -2.07. The quantitative estimate of drug-likeness (QED) is 0.491. The Morgan fingerprint density at radius 3 is 3.00 bits per heavy atom. The maximum Gasteiger partial charge on any atom is 0.223 e. The highest BCUT2D eigenvalue weighted by molar-refractivity contribution is 7.99. The lowest BCUT2D eigenvalue weighted by molar-refractivity contribution is 0.250. The maximum atomic E-state index is 8.86. The molecule has 0 amide bonds. The lowest BCUT2D eigenvalue weighted by atomic mass is 10.2. The van der Waals surface area contributed by atoms with Crippen LogP contribution >= 0.6 is 23.4 Å². The summed E-state index contributed by atoms with van der Waals surface area (Å²) in [4.78, 5) is 7.99. The van der Waals surface area contributed by atoms with Crippen LogP contribution < -0.4 is 0 Å². The first kappa shape index (κ1) is 11.8. The van der Waals surface area contributed by atoms with Gasteiger partial charge in [-0.3, -0.25) is 0 Å². The van der Waals surface area contributed by atoms with E-state index >= 15 is 0 Å². The highest BCUT2D eigenvalue weighted by Gasteiger charge is 2.06. The minimum absolute atomic E-state index is 0.199. The van der Waals surface area contributed by atoms with Crippen molar-refractivity contribution in [1.29, 1.82) is 0 Å². The van der Waals surface area contributed by atoms with Crippen molar-refractivity contribution in [3.63, 3.8) is 0 Å². The van der Waals surface area contributed by atoms with Crippen LogP contribution in [-0.2, 0) is 0 Å². The molecule has 1 heterocycles. The van der Waals surface area contributed by atoms with Crippen molar-refractivity contribution in [2.45, 2.75) is 18.9 Å². The summed E-state index contributed by atoms with van der Waals surface area (Å²) >= 11 is 7.28. The van der Waals surface area contributed by atoms with Gasteiger partial charge in [0.2, 0.25) is 5.28 Å². The third-order valence-electron chi connectivity index (χ3n) is 1.71. The molecular weight excluding hydrogens is 220 g/mol. The van der Waals surface area contributed by atoms with E-state index in [1.54, 1.807) is 18.0 Å². The van der Waals surface area contributed by atoms with Gasteiger partial charge in [-0.05, 0) is 30.0 Å². The first-order chi connectivity index (χ1) is 6.63. The molecular formula is C9H13ClN2OS. The number of hydrogen-bond acceptors (Lipinski definition) is 4. The molecule has 0 bridgehead atoms. The van der Waals surface area contributed by atoms with Gasteiger partial charge in [-0.15, -0.1) is 11.8 Å². The number of rotatable bonds is 4. The standard InChI is InChI=1S/C9H13ClN2OS/c1-6(4-13)5-14-8-7(2)3-11-9(10)12-8/h3,6,13H,4-5H2,1-2H3. The van der Waals surface area contributed by atoms with Crippen molar-refractivity contribution in [1.82, 2.24) is 9.97 Å². The smallest absolute Gasteiger partial charge is 0.223 e. The molecule has 1 unspecified atom stereocenters. The van der Waals surface area contributed by atoms with Crippen LogP contribution in [0.3, 0.4) is 0 Å². The zero-order chi connectivity index (χ0) is 10.6. The summed E-state index contributed by atoms with van der Waals surface area (Å²) in [5.41, 5.74) is 1.02. The monoisotopic (exact) mass is 232 g/mol. The fraction of sp³-hybridized carbons (Fsp3) is 0.556. The SMILES string of the molecule is Cc1cnc(Cl)nc1SCC(C)CO. The second-order valence-electron chi connectivity index (χ2n) is 3.23. The minimum atomic E-state index is 0.199. The highest BCUT2D eigenvalue weighted by atomic mass is 35.5. The van der Waals surface area contributed by atoms with E-state index in [1.807, 2.05) is 13.8 Å². The topological polar surface area (TPSA) is 46.0 Å². The normalized spacial score (nSPS) is 12.9. The van der Waals surface area contributed by atoms with E-state index < -0.39 is 0 Å². The minimum Gasteiger partial charge on any atom is -0.396 e.